The van der Waals surface area contributed by atoms with Crippen LogP contribution < -0.4 is 5.32 Å². The molecule has 2 nitrogen and oxygen atoms in total. The van der Waals surface area contributed by atoms with Gasteiger partial charge in [0.15, 0.2) is 7.28 Å². The van der Waals surface area contributed by atoms with Crippen LogP contribution in [-0.4, -0.2) is 12.2 Å². The van der Waals surface area contributed by atoms with Gasteiger partial charge in [-0.05, 0) is 204 Å². The first-order chi connectivity index (χ1) is 33.7. The van der Waals surface area contributed by atoms with E-state index in [1.165, 1.54) is 115 Å². The minimum atomic E-state index is 0.0785. The maximum absolute atomic E-state index is 4.88. The molecule has 0 saturated carbocycles. The summed E-state index contributed by atoms with van der Waals surface area (Å²) in [5.74, 6) is 0.960. The summed E-state index contributed by atoms with van der Waals surface area (Å²) in [6.07, 6.45) is 25.5. The third-order valence-corrected chi connectivity index (χ3v) is 17.5. The fourth-order valence-electron chi connectivity index (χ4n) is 12.3. The quantitative estimate of drug-likeness (QED) is 0.182. The predicted molar refractivity (Wildman–Crippen MR) is 317 cm³/mol. The zero-order valence-electron chi connectivity index (χ0n) is 48.6. The molecule has 1 saturated heterocycles. The van der Waals surface area contributed by atoms with Gasteiger partial charge in [-0.2, -0.15) is 0 Å². The second kappa shape index (κ2) is 21.2. The van der Waals surface area contributed by atoms with Gasteiger partial charge in [-0.15, -0.1) is 6.58 Å². The Morgan fingerprint density at radius 1 is 0.750 bits per heavy atom. The number of anilines is 2. The highest BCUT2D eigenvalue weighted by Crippen LogP contribution is 2.50. The summed E-state index contributed by atoms with van der Waals surface area (Å²) in [6, 6.07) is 21.5. The molecule has 1 unspecified atom stereocenters. The van der Waals surface area contributed by atoms with Crippen LogP contribution in [0.1, 0.15) is 221 Å². The van der Waals surface area contributed by atoms with E-state index in [2.05, 4.69) is 233 Å². The van der Waals surface area contributed by atoms with Crippen molar-refractivity contribution in [3.63, 3.8) is 0 Å². The second-order valence-corrected chi connectivity index (χ2v) is 26.2. The third kappa shape index (κ3) is 11.6. The topological polar surface area (TPSA) is 15.3 Å². The number of hydrogen-bond acceptors (Lipinski definition) is 2. The summed E-state index contributed by atoms with van der Waals surface area (Å²) >= 11 is 0. The minimum Gasteiger partial charge on any atom is -0.355 e. The highest BCUT2D eigenvalue weighted by Gasteiger charge is 2.40. The fraction of sp³-hybridized carbons (Fsp3) is 0.507. The first-order valence-corrected chi connectivity index (χ1v) is 28.1. The van der Waals surface area contributed by atoms with E-state index < -0.39 is 0 Å². The molecule has 7 rings (SSSR count). The summed E-state index contributed by atoms with van der Waals surface area (Å²) in [5, 5.41) is 4.07. The lowest BCUT2D eigenvalue weighted by atomic mass is 9.56. The summed E-state index contributed by atoms with van der Waals surface area (Å²) in [7, 11) is 2.37. The molecule has 1 heterocycles. The van der Waals surface area contributed by atoms with Gasteiger partial charge in [-0.1, -0.05) is 187 Å². The van der Waals surface area contributed by atoms with Crippen molar-refractivity contribution in [3.05, 3.63) is 187 Å². The minimum absolute atomic E-state index is 0.0785. The van der Waals surface area contributed by atoms with Gasteiger partial charge in [0.25, 0.3) is 0 Å². The van der Waals surface area contributed by atoms with Gasteiger partial charge >= 0.3 is 0 Å². The van der Waals surface area contributed by atoms with E-state index in [0.29, 0.717) is 11.8 Å². The zero-order chi connectivity index (χ0) is 52.7. The number of allylic oxidation sites excluding steroid dienone is 12. The number of nitrogens with zero attached hydrogens (tertiary/aromatic N) is 1. The lowest BCUT2D eigenvalue weighted by molar-refractivity contribution is 0.331. The Hall–Kier alpha value is -4.76. The maximum atomic E-state index is 4.88. The summed E-state index contributed by atoms with van der Waals surface area (Å²) in [4.78, 5) is 2.62. The van der Waals surface area contributed by atoms with Crippen molar-refractivity contribution in [1.82, 2.24) is 4.90 Å². The Bertz CT molecular complexity index is 2780. The van der Waals surface area contributed by atoms with Gasteiger partial charge in [0.05, 0.1) is 0 Å². The average Bonchev–Trinajstić information content (AvgIpc) is 3.30. The van der Waals surface area contributed by atoms with E-state index in [0.717, 1.165) is 49.7 Å². The molecule has 1 radical (unpaired) electrons. The van der Waals surface area contributed by atoms with E-state index in [1.807, 2.05) is 0 Å². The highest BCUT2D eigenvalue weighted by atomic mass is 15.2. The number of nitrogens with one attached hydrogen (secondary N) is 1. The van der Waals surface area contributed by atoms with Crippen LogP contribution in [0.5, 0.6) is 0 Å². The van der Waals surface area contributed by atoms with Gasteiger partial charge in [0.2, 0.25) is 0 Å². The van der Waals surface area contributed by atoms with Crippen LogP contribution in [0.2, 0.25) is 0 Å². The monoisotopic (exact) mass is 962 g/mol. The Morgan fingerprint density at radius 3 is 1.99 bits per heavy atom. The second-order valence-electron chi connectivity index (χ2n) is 26.2. The molecule has 1 N–H and O–H groups in total. The maximum Gasteiger partial charge on any atom is 0.195 e. The van der Waals surface area contributed by atoms with Crippen molar-refractivity contribution in [2.24, 2.45) is 11.3 Å². The number of rotatable bonds is 12. The van der Waals surface area contributed by atoms with Crippen molar-refractivity contribution < 1.29 is 0 Å². The zero-order valence-corrected chi connectivity index (χ0v) is 48.6. The van der Waals surface area contributed by atoms with Gasteiger partial charge in [0, 0.05) is 28.5 Å². The molecule has 3 aromatic carbocycles. The Labute approximate surface area is 441 Å². The third-order valence-electron chi connectivity index (χ3n) is 17.5. The SMILES string of the molecule is C=C1[B]C(=C/CC)/C(=C(/C)Cc2ccccc2C(C)CC)N(C2=CCCC(C)(C)/C(=C\C(C)C)C=C2C)/C1=C/C(C)=C\Cc1cc2c(cc1Nc1ccc3c(c1)C(C)(C)CCC3(C)C)C(C)(C)CCC2(C)C. The molecule has 4 aliphatic rings. The van der Waals surface area contributed by atoms with Crippen molar-refractivity contribution in [2.45, 2.75) is 216 Å². The van der Waals surface area contributed by atoms with Crippen LogP contribution in [0.4, 0.5) is 11.4 Å². The largest absolute Gasteiger partial charge is 0.355 e. The van der Waals surface area contributed by atoms with Crippen LogP contribution in [0.15, 0.2) is 148 Å². The number of fused-ring (bicyclic) bond motifs is 2. The number of benzene rings is 3. The first-order valence-electron chi connectivity index (χ1n) is 28.1. The van der Waals surface area contributed by atoms with Crippen LogP contribution in [0, 0.1) is 11.3 Å². The van der Waals surface area contributed by atoms with Gasteiger partial charge in [-0.25, -0.2) is 0 Å². The van der Waals surface area contributed by atoms with Crippen LogP contribution in [0.25, 0.3) is 0 Å². The average molecular weight is 962 g/mol. The Morgan fingerprint density at radius 2 is 1.36 bits per heavy atom. The number of hydrogen-bond donors (Lipinski definition) is 1. The molecule has 1 fully saturated rings. The van der Waals surface area contributed by atoms with Crippen LogP contribution in [-0.2, 0) is 34.5 Å². The van der Waals surface area contributed by atoms with Crippen molar-refractivity contribution in [3.8, 4) is 0 Å². The molecule has 3 heteroatoms. The molecule has 1 aliphatic heterocycles. The van der Waals surface area contributed by atoms with Gasteiger partial charge in [0.1, 0.15) is 0 Å². The molecule has 0 bridgehead atoms. The molecule has 0 aromatic heterocycles. The van der Waals surface area contributed by atoms with Crippen molar-refractivity contribution >= 4 is 18.7 Å². The van der Waals surface area contributed by atoms with Gasteiger partial charge < -0.3 is 10.2 Å². The predicted octanol–water partition coefficient (Wildman–Crippen LogP) is 19.6. The van der Waals surface area contributed by atoms with Crippen molar-refractivity contribution in [1.29, 1.82) is 0 Å². The molecule has 3 aromatic rings. The molecule has 3 aliphatic carbocycles. The molecule has 383 valence electrons. The normalized spacial score (nSPS) is 23.2. The lowest BCUT2D eigenvalue weighted by Crippen LogP contribution is -2.34. The van der Waals surface area contributed by atoms with E-state index >= 15 is 0 Å². The Balaban J connectivity index is 1.39. The molecule has 0 amide bonds. The summed E-state index contributed by atoms with van der Waals surface area (Å²) < 4.78 is 0. The van der Waals surface area contributed by atoms with Crippen LogP contribution in [0.3, 0.4) is 0 Å². The van der Waals surface area contributed by atoms with Gasteiger partial charge in [-0.3, -0.25) is 0 Å². The summed E-state index contributed by atoms with van der Waals surface area (Å²) in [6.45, 7) is 47.9. The molecule has 0 spiro atoms. The first kappa shape index (κ1) is 55.0. The summed E-state index contributed by atoms with van der Waals surface area (Å²) in [5.41, 5.74) is 24.6. The van der Waals surface area contributed by atoms with E-state index in [9.17, 15) is 0 Å². The molecule has 1 atom stereocenters. The lowest BCUT2D eigenvalue weighted by Gasteiger charge is -2.43. The molecule has 72 heavy (non-hydrogen) atoms. The van der Waals surface area contributed by atoms with E-state index in [4.69, 9.17) is 6.58 Å². The van der Waals surface area contributed by atoms with Crippen LogP contribution >= 0.6 is 0 Å². The highest BCUT2D eigenvalue weighted by molar-refractivity contribution is 6.57. The van der Waals surface area contributed by atoms with E-state index in [-0.39, 0.29) is 27.1 Å². The smallest absolute Gasteiger partial charge is 0.195 e. The Kier molecular flexibility index (Phi) is 16.2. The molecular formula is C69H94BN2. The van der Waals surface area contributed by atoms with Crippen molar-refractivity contribution in [2.75, 3.05) is 5.32 Å². The fourth-order valence-corrected chi connectivity index (χ4v) is 12.3. The molecular weight excluding hydrogens is 868 g/mol. The standard InChI is InChI=1S/C69H94BN2/c1-20-25-60-64(49(8)40-51-26-22-23-27-55(51)47(6)21-2)72(62-28-24-33-65(10,11)53(38-45(3)4)41-48(62)7)63(50(9)70-60)39-46(5)29-30-52-42-57-59(69(18,19)37-36-67(57,14)15)44-61(52)71-54-31-32-56-58(43-54)68(16,17)35-34-66(56,12)13/h22-23,25-29,31-32,38-39,41-45,47,71H,9,20-21,24,30,33-37,40H2,1-8,10-19H3/b46-29-,48-41?,53-38-,60-25+,62-28?,63-39+,64-49+. The van der Waals surface area contributed by atoms with E-state index in [1.54, 1.807) is 0 Å².